The van der Waals surface area contributed by atoms with Crippen molar-refractivity contribution in [1.29, 1.82) is 0 Å². The van der Waals surface area contributed by atoms with Gasteiger partial charge in [-0.15, -0.1) is 0 Å². The zero-order chi connectivity index (χ0) is 14.0. The quantitative estimate of drug-likeness (QED) is 0.652. The minimum absolute atomic E-state index is 0.297. The van der Waals surface area contributed by atoms with E-state index in [1.165, 1.54) is 0 Å². The lowest BCUT2D eigenvalue weighted by molar-refractivity contribution is 0.102. The number of hydrogen-bond donors (Lipinski definition) is 1. The summed E-state index contributed by atoms with van der Waals surface area (Å²) < 4.78 is 1.53. The second-order valence-corrected chi connectivity index (χ2v) is 6.32. The number of carbonyl (C=O) groups is 1. The van der Waals surface area contributed by atoms with Crippen molar-refractivity contribution in [1.82, 2.24) is 0 Å². The van der Waals surface area contributed by atoms with Gasteiger partial charge in [0.2, 0.25) is 0 Å². The lowest BCUT2D eigenvalue weighted by Gasteiger charge is -2.09. The molecule has 0 bridgehead atoms. The number of carbonyl (C=O) groups excluding carboxylic acids is 1. The van der Waals surface area contributed by atoms with Gasteiger partial charge in [0.15, 0.2) is 0 Å². The van der Waals surface area contributed by atoms with Gasteiger partial charge in [-0.3, -0.25) is 4.79 Å². The zero-order valence-corrected chi connectivity index (χ0v) is 14.1. The summed E-state index contributed by atoms with van der Waals surface area (Å²) in [5.41, 5.74) is 0.983. The molecule has 0 unspecified atom stereocenters. The summed E-state index contributed by atoms with van der Waals surface area (Å²) in [5, 5.41) is 3.69. The van der Waals surface area contributed by atoms with Crippen LogP contribution in [0.3, 0.4) is 0 Å². The molecule has 0 saturated heterocycles. The first-order valence-corrected chi connectivity index (χ1v) is 7.53. The molecule has 2 nitrogen and oxygen atoms in total. The fourth-order valence-electron chi connectivity index (χ4n) is 1.45. The van der Waals surface area contributed by atoms with Gasteiger partial charge in [-0.2, -0.15) is 0 Å². The number of benzene rings is 2. The van der Waals surface area contributed by atoms with Gasteiger partial charge in [-0.1, -0.05) is 39.1 Å². The predicted octanol–water partition coefficient (Wildman–Crippen LogP) is 5.77. The molecular formula is C13H7Br2Cl2NO. The average Bonchev–Trinajstić information content (AvgIpc) is 2.36. The van der Waals surface area contributed by atoms with Crippen molar-refractivity contribution in [3.05, 3.63) is 61.0 Å². The Morgan fingerprint density at radius 3 is 2.53 bits per heavy atom. The van der Waals surface area contributed by atoms with Gasteiger partial charge >= 0.3 is 0 Å². The van der Waals surface area contributed by atoms with E-state index in [1.807, 2.05) is 0 Å². The summed E-state index contributed by atoms with van der Waals surface area (Å²) in [6.07, 6.45) is 0. The second kappa shape index (κ2) is 6.27. The first-order chi connectivity index (χ1) is 8.97. The predicted molar refractivity (Wildman–Crippen MR) is 86.3 cm³/mol. The van der Waals surface area contributed by atoms with Crippen LogP contribution in [-0.2, 0) is 0 Å². The highest BCUT2D eigenvalue weighted by molar-refractivity contribution is 9.10. The summed E-state index contributed by atoms with van der Waals surface area (Å²) in [4.78, 5) is 12.2. The van der Waals surface area contributed by atoms with Crippen LogP contribution in [0.5, 0.6) is 0 Å². The minimum atomic E-state index is -0.297. The molecule has 1 amide bonds. The van der Waals surface area contributed by atoms with Gasteiger partial charge in [-0.05, 0) is 52.3 Å². The largest absolute Gasteiger partial charge is 0.321 e. The topological polar surface area (TPSA) is 29.1 Å². The van der Waals surface area contributed by atoms with Gasteiger partial charge in [0.25, 0.3) is 5.91 Å². The third-order valence-corrected chi connectivity index (χ3v) is 4.10. The molecule has 0 aliphatic heterocycles. The van der Waals surface area contributed by atoms with Crippen LogP contribution < -0.4 is 5.32 Å². The lowest BCUT2D eigenvalue weighted by Crippen LogP contribution is -2.12. The van der Waals surface area contributed by atoms with Crippen molar-refractivity contribution in [2.75, 3.05) is 5.32 Å². The maximum atomic E-state index is 12.2. The van der Waals surface area contributed by atoms with Crippen LogP contribution in [0.2, 0.25) is 10.0 Å². The summed E-state index contributed by atoms with van der Waals surface area (Å²) in [6.45, 7) is 0. The highest BCUT2D eigenvalue weighted by Gasteiger charge is 2.12. The van der Waals surface area contributed by atoms with Crippen molar-refractivity contribution in [3.8, 4) is 0 Å². The lowest BCUT2D eigenvalue weighted by atomic mass is 10.2. The van der Waals surface area contributed by atoms with Crippen LogP contribution >= 0.6 is 55.1 Å². The monoisotopic (exact) mass is 421 g/mol. The smallest absolute Gasteiger partial charge is 0.257 e. The van der Waals surface area contributed by atoms with Crippen LogP contribution in [0.1, 0.15) is 10.4 Å². The molecule has 0 aromatic heterocycles. The molecule has 0 spiro atoms. The van der Waals surface area contributed by atoms with E-state index in [9.17, 15) is 4.79 Å². The van der Waals surface area contributed by atoms with E-state index < -0.39 is 0 Å². The molecule has 0 aliphatic carbocycles. The summed E-state index contributed by atoms with van der Waals surface area (Å²) in [6, 6.07) is 10.3. The molecule has 98 valence electrons. The fraction of sp³-hybridized carbons (Fsp3) is 0. The Hall–Kier alpha value is -0.550. The van der Waals surface area contributed by atoms with E-state index in [0.29, 0.717) is 21.3 Å². The SMILES string of the molecule is O=C(Nc1cc(Cl)ccc1Br)c1cc(Br)ccc1Cl. The number of amides is 1. The minimum Gasteiger partial charge on any atom is -0.321 e. The molecule has 2 aromatic rings. The van der Waals surface area contributed by atoms with Crippen LogP contribution in [-0.4, -0.2) is 5.91 Å². The summed E-state index contributed by atoms with van der Waals surface area (Å²) in [5.74, 6) is -0.297. The maximum Gasteiger partial charge on any atom is 0.257 e. The first kappa shape index (κ1) is 14.9. The normalized spacial score (nSPS) is 10.3. The highest BCUT2D eigenvalue weighted by atomic mass is 79.9. The van der Waals surface area contributed by atoms with Crippen molar-refractivity contribution in [3.63, 3.8) is 0 Å². The Labute approximate surface area is 137 Å². The molecule has 0 saturated carbocycles. The molecule has 2 aromatic carbocycles. The molecule has 6 heteroatoms. The van der Waals surface area contributed by atoms with Crippen LogP contribution in [0.25, 0.3) is 0 Å². The number of nitrogens with one attached hydrogen (secondary N) is 1. The van der Waals surface area contributed by atoms with Crippen molar-refractivity contribution >= 4 is 66.7 Å². The molecule has 0 aliphatic rings. The van der Waals surface area contributed by atoms with Crippen LogP contribution in [0, 0.1) is 0 Å². The maximum absolute atomic E-state index is 12.2. The van der Waals surface area contributed by atoms with E-state index >= 15 is 0 Å². The van der Waals surface area contributed by atoms with Crippen molar-refractivity contribution in [2.24, 2.45) is 0 Å². The Kier molecular flexibility index (Phi) is 4.90. The number of halogens is 4. The third kappa shape index (κ3) is 3.72. The molecule has 0 atom stereocenters. The Morgan fingerprint density at radius 1 is 1.05 bits per heavy atom. The third-order valence-electron chi connectivity index (χ3n) is 2.35. The Bertz CT molecular complexity index is 647. The molecule has 1 N–H and O–H groups in total. The number of rotatable bonds is 2. The fourth-order valence-corrected chi connectivity index (χ4v) is 2.54. The van der Waals surface area contributed by atoms with Gasteiger partial charge in [-0.25, -0.2) is 0 Å². The number of anilines is 1. The molecule has 0 heterocycles. The van der Waals surface area contributed by atoms with Gasteiger partial charge in [0, 0.05) is 14.0 Å². The standard InChI is InChI=1S/C13H7Br2Cl2NO/c14-7-1-4-11(17)9(5-7)13(19)18-12-6-8(16)2-3-10(12)15/h1-6H,(H,18,19). The molecule has 0 fully saturated rings. The van der Waals surface area contributed by atoms with Crippen LogP contribution in [0.15, 0.2) is 45.3 Å². The summed E-state index contributed by atoms with van der Waals surface area (Å²) in [7, 11) is 0. The highest BCUT2D eigenvalue weighted by Crippen LogP contribution is 2.28. The van der Waals surface area contributed by atoms with Crippen LogP contribution in [0.4, 0.5) is 5.69 Å². The van der Waals surface area contributed by atoms with Gasteiger partial charge in [0.1, 0.15) is 0 Å². The van der Waals surface area contributed by atoms with Crippen molar-refractivity contribution < 1.29 is 4.79 Å². The first-order valence-electron chi connectivity index (χ1n) is 5.19. The van der Waals surface area contributed by atoms with E-state index in [0.717, 1.165) is 8.95 Å². The van der Waals surface area contributed by atoms with Crippen molar-refractivity contribution in [2.45, 2.75) is 0 Å². The molecule has 0 radical (unpaired) electrons. The second-order valence-electron chi connectivity index (χ2n) is 3.70. The molecular weight excluding hydrogens is 417 g/mol. The van der Waals surface area contributed by atoms with Gasteiger partial charge in [0.05, 0.1) is 16.3 Å². The average molecular weight is 424 g/mol. The van der Waals surface area contributed by atoms with Gasteiger partial charge < -0.3 is 5.32 Å². The molecule has 19 heavy (non-hydrogen) atoms. The number of hydrogen-bond acceptors (Lipinski definition) is 1. The van der Waals surface area contributed by atoms with E-state index in [1.54, 1.807) is 36.4 Å². The molecule has 2 rings (SSSR count). The zero-order valence-electron chi connectivity index (χ0n) is 9.38. The van der Waals surface area contributed by atoms with E-state index in [2.05, 4.69) is 37.2 Å². The summed E-state index contributed by atoms with van der Waals surface area (Å²) >= 11 is 18.6. The van der Waals surface area contributed by atoms with E-state index in [-0.39, 0.29) is 5.91 Å². The van der Waals surface area contributed by atoms with E-state index in [4.69, 9.17) is 23.2 Å². The Balaban J connectivity index is 2.30. The Morgan fingerprint density at radius 2 is 1.79 bits per heavy atom.